The van der Waals surface area contributed by atoms with Crippen molar-refractivity contribution in [2.45, 2.75) is 13.1 Å². The Balaban J connectivity index is 1.65. The van der Waals surface area contributed by atoms with Crippen LogP contribution in [0.15, 0.2) is 77.6 Å². The van der Waals surface area contributed by atoms with Gasteiger partial charge in [0.25, 0.3) is 5.56 Å². The number of rotatable bonds is 6. The lowest BCUT2D eigenvalue weighted by Gasteiger charge is -2.24. The van der Waals surface area contributed by atoms with Gasteiger partial charge in [0.2, 0.25) is 0 Å². The summed E-state index contributed by atoms with van der Waals surface area (Å²) < 4.78 is 18.4. The summed E-state index contributed by atoms with van der Waals surface area (Å²) in [5.41, 5.74) is 1.90. The van der Waals surface area contributed by atoms with Gasteiger partial charge in [-0.2, -0.15) is 0 Å². The third kappa shape index (κ3) is 5.32. The molecule has 168 valence electrons. The Labute approximate surface area is 194 Å². The number of ether oxygens (including phenoxy) is 1. The number of nitrogens with one attached hydrogen (secondary N) is 2. The minimum atomic E-state index is -0.448. The van der Waals surface area contributed by atoms with Crippen LogP contribution >= 0.6 is 11.6 Å². The lowest BCUT2D eigenvalue weighted by Crippen LogP contribution is -2.35. The second-order valence-electron chi connectivity index (χ2n) is 7.46. The van der Waals surface area contributed by atoms with Crippen molar-refractivity contribution < 1.29 is 13.9 Å². The monoisotopic (exact) mass is 465 g/mol. The number of fused-ring (bicyclic) bond motifs is 1. The summed E-state index contributed by atoms with van der Waals surface area (Å²) in [6.45, 7) is 0.211. The van der Waals surface area contributed by atoms with Gasteiger partial charge in [0.05, 0.1) is 19.2 Å². The van der Waals surface area contributed by atoms with Crippen LogP contribution in [0.5, 0.6) is 5.75 Å². The van der Waals surface area contributed by atoms with E-state index in [1.54, 1.807) is 37.4 Å². The van der Waals surface area contributed by atoms with Gasteiger partial charge < -0.3 is 19.9 Å². The van der Waals surface area contributed by atoms with Crippen LogP contribution in [-0.2, 0) is 13.1 Å². The van der Waals surface area contributed by atoms with Crippen LogP contribution in [0.3, 0.4) is 0 Å². The topological polar surface area (TPSA) is 74.4 Å². The summed E-state index contributed by atoms with van der Waals surface area (Å²) in [5.74, 6) is 0.227. The Bertz CT molecular complexity index is 1360. The Morgan fingerprint density at radius 1 is 1.03 bits per heavy atom. The van der Waals surface area contributed by atoms with Gasteiger partial charge in [-0.15, -0.1) is 0 Å². The van der Waals surface area contributed by atoms with Crippen molar-refractivity contribution in [2.75, 3.05) is 12.4 Å². The zero-order valence-electron chi connectivity index (χ0n) is 17.8. The maximum absolute atomic E-state index is 13.2. The molecule has 0 saturated carbocycles. The SMILES string of the molecule is COc1ccc2cc(CN(Cc3ccccc3Cl)C(=O)Nc3ccc(F)cc3)c(=O)[nH]c2c1. The molecule has 0 atom stereocenters. The average molecular weight is 466 g/mol. The lowest BCUT2D eigenvalue weighted by atomic mass is 10.1. The highest BCUT2D eigenvalue weighted by molar-refractivity contribution is 6.31. The summed E-state index contributed by atoms with van der Waals surface area (Å²) in [6.07, 6.45) is 0. The number of pyridine rings is 1. The quantitative estimate of drug-likeness (QED) is 0.391. The highest BCUT2D eigenvalue weighted by atomic mass is 35.5. The molecule has 0 aliphatic rings. The molecule has 4 aromatic rings. The largest absolute Gasteiger partial charge is 0.497 e. The number of aromatic nitrogens is 1. The molecule has 2 N–H and O–H groups in total. The third-order valence-electron chi connectivity index (χ3n) is 5.19. The number of carbonyl (C=O) groups is 1. The van der Waals surface area contributed by atoms with E-state index >= 15 is 0 Å². The lowest BCUT2D eigenvalue weighted by molar-refractivity contribution is 0.206. The summed E-state index contributed by atoms with van der Waals surface area (Å²) in [6, 6.07) is 19.3. The molecule has 0 bridgehead atoms. The zero-order chi connectivity index (χ0) is 23.4. The number of hydrogen-bond acceptors (Lipinski definition) is 3. The van der Waals surface area contributed by atoms with Crippen LogP contribution in [0.1, 0.15) is 11.1 Å². The maximum Gasteiger partial charge on any atom is 0.322 e. The first-order valence-corrected chi connectivity index (χ1v) is 10.6. The number of H-pyrrole nitrogens is 1. The van der Waals surface area contributed by atoms with Crippen molar-refractivity contribution in [3.8, 4) is 5.75 Å². The van der Waals surface area contributed by atoms with E-state index in [0.29, 0.717) is 27.5 Å². The molecule has 33 heavy (non-hydrogen) atoms. The van der Waals surface area contributed by atoms with Crippen molar-refractivity contribution in [2.24, 2.45) is 0 Å². The van der Waals surface area contributed by atoms with E-state index in [2.05, 4.69) is 10.3 Å². The Kier molecular flexibility index (Phi) is 6.60. The highest BCUT2D eigenvalue weighted by Crippen LogP contribution is 2.21. The van der Waals surface area contributed by atoms with E-state index in [-0.39, 0.29) is 18.6 Å². The van der Waals surface area contributed by atoms with Crippen molar-refractivity contribution >= 4 is 34.2 Å². The second-order valence-corrected chi connectivity index (χ2v) is 7.87. The standard InChI is InChI=1S/C25H21ClFN3O3/c1-33-21-11-6-16-12-18(24(31)29-23(16)13-21)15-30(14-17-4-2-3-5-22(17)26)25(32)28-20-9-7-19(27)8-10-20/h2-13H,14-15H2,1H3,(H,28,32)(H,29,31). The number of urea groups is 1. The molecular formula is C25H21ClFN3O3. The molecule has 4 rings (SSSR count). The van der Waals surface area contributed by atoms with E-state index in [1.165, 1.54) is 29.2 Å². The van der Waals surface area contributed by atoms with Crippen LogP contribution in [0.2, 0.25) is 5.02 Å². The van der Waals surface area contributed by atoms with Crippen molar-refractivity contribution in [3.63, 3.8) is 0 Å². The van der Waals surface area contributed by atoms with Gasteiger partial charge in [-0.05, 0) is 59.5 Å². The molecular weight excluding hydrogens is 445 g/mol. The number of carbonyl (C=O) groups excluding carboxylic acids is 1. The molecule has 0 spiro atoms. The molecule has 0 aliphatic carbocycles. The van der Waals surface area contributed by atoms with Crippen LogP contribution in [0.25, 0.3) is 10.9 Å². The molecule has 1 heterocycles. The first-order chi connectivity index (χ1) is 15.9. The van der Waals surface area contributed by atoms with Crippen LogP contribution in [0, 0.1) is 5.82 Å². The highest BCUT2D eigenvalue weighted by Gasteiger charge is 2.18. The van der Waals surface area contributed by atoms with Crippen molar-refractivity contribution in [3.05, 3.63) is 105 Å². The fraction of sp³-hybridized carbons (Fsp3) is 0.120. The van der Waals surface area contributed by atoms with Crippen LogP contribution in [0.4, 0.5) is 14.9 Å². The molecule has 6 nitrogen and oxygen atoms in total. The number of hydrogen-bond donors (Lipinski definition) is 2. The molecule has 1 aromatic heterocycles. The smallest absolute Gasteiger partial charge is 0.322 e. The molecule has 8 heteroatoms. The van der Waals surface area contributed by atoms with Gasteiger partial charge >= 0.3 is 6.03 Å². The number of aromatic amines is 1. The molecule has 0 saturated heterocycles. The summed E-state index contributed by atoms with van der Waals surface area (Å²) in [7, 11) is 1.56. The zero-order valence-corrected chi connectivity index (χ0v) is 18.5. The van der Waals surface area contributed by atoms with Gasteiger partial charge in [-0.1, -0.05) is 29.8 Å². The molecule has 0 unspecified atom stereocenters. The van der Waals surface area contributed by atoms with E-state index in [4.69, 9.17) is 16.3 Å². The van der Waals surface area contributed by atoms with E-state index in [1.807, 2.05) is 18.2 Å². The maximum atomic E-state index is 13.2. The van der Waals surface area contributed by atoms with Gasteiger partial charge in [0.15, 0.2) is 0 Å². The van der Waals surface area contributed by atoms with Gasteiger partial charge in [-0.3, -0.25) is 4.79 Å². The number of halogens is 2. The number of nitrogens with zero attached hydrogens (tertiary/aromatic N) is 1. The fourth-order valence-electron chi connectivity index (χ4n) is 3.44. The predicted octanol–water partition coefficient (Wildman–Crippen LogP) is 5.56. The predicted molar refractivity (Wildman–Crippen MR) is 127 cm³/mol. The van der Waals surface area contributed by atoms with E-state index in [0.717, 1.165) is 10.9 Å². The average Bonchev–Trinajstić information content (AvgIpc) is 2.81. The van der Waals surface area contributed by atoms with Gasteiger partial charge in [0, 0.05) is 28.9 Å². The normalized spacial score (nSPS) is 10.8. The summed E-state index contributed by atoms with van der Waals surface area (Å²) in [5, 5.41) is 4.07. The Morgan fingerprint density at radius 3 is 2.48 bits per heavy atom. The minimum Gasteiger partial charge on any atom is -0.497 e. The summed E-state index contributed by atoms with van der Waals surface area (Å²) in [4.78, 5) is 30.2. The Hall–Kier alpha value is -3.84. The minimum absolute atomic E-state index is 0.0373. The summed E-state index contributed by atoms with van der Waals surface area (Å²) >= 11 is 6.31. The van der Waals surface area contributed by atoms with Gasteiger partial charge in [0.1, 0.15) is 11.6 Å². The molecule has 2 amide bonds. The number of benzene rings is 3. The number of methoxy groups -OCH3 is 1. The first kappa shape index (κ1) is 22.4. The van der Waals surface area contributed by atoms with E-state index in [9.17, 15) is 14.0 Å². The number of anilines is 1. The van der Waals surface area contributed by atoms with Crippen molar-refractivity contribution in [1.29, 1.82) is 0 Å². The molecule has 0 radical (unpaired) electrons. The van der Waals surface area contributed by atoms with E-state index < -0.39 is 11.8 Å². The Morgan fingerprint density at radius 2 is 1.76 bits per heavy atom. The van der Waals surface area contributed by atoms with Crippen LogP contribution in [-0.4, -0.2) is 23.0 Å². The second kappa shape index (κ2) is 9.75. The van der Waals surface area contributed by atoms with Crippen molar-refractivity contribution in [1.82, 2.24) is 9.88 Å². The molecule has 0 fully saturated rings. The third-order valence-corrected chi connectivity index (χ3v) is 5.56. The molecule has 0 aliphatic heterocycles. The molecule has 3 aromatic carbocycles. The van der Waals surface area contributed by atoms with Crippen LogP contribution < -0.4 is 15.6 Å². The number of amides is 2. The van der Waals surface area contributed by atoms with Gasteiger partial charge in [-0.25, -0.2) is 9.18 Å². The first-order valence-electron chi connectivity index (χ1n) is 10.2. The fourth-order valence-corrected chi connectivity index (χ4v) is 3.64.